The number of nitrogens with zero attached hydrogens (tertiary/aromatic N) is 1. The fraction of sp³-hybridized carbons (Fsp3) is 0.562. The molecule has 1 saturated heterocycles. The van der Waals surface area contributed by atoms with Crippen molar-refractivity contribution < 1.29 is 9.53 Å². The summed E-state index contributed by atoms with van der Waals surface area (Å²) in [6.45, 7) is 6.03. The monoisotopic (exact) mass is 310 g/mol. The topological polar surface area (TPSA) is 55.6 Å². The zero-order valence-corrected chi connectivity index (χ0v) is 13.6. The van der Waals surface area contributed by atoms with E-state index in [4.69, 9.17) is 22.1 Å². The molecule has 1 fully saturated rings. The molecule has 1 atom stereocenters. The van der Waals surface area contributed by atoms with Crippen LogP contribution in [0.25, 0.3) is 0 Å². The molecule has 1 aliphatic heterocycles. The Morgan fingerprint density at radius 2 is 2.24 bits per heavy atom. The van der Waals surface area contributed by atoms with Crippen molar-refractivity contribution in [3.8, 4) is 5.75 Å². The Morgan fingerprint density at radius 3 is 2.86 bits per heavy atom. The summed E-state index contributed by atoms with van der Waals surface area (Å²) in [5.74, 6) is 1.70. The molecule has 1 aromatic carbocycles. The Balaban J connectivity index is 2.16. The third-order valence-electron chi connectivity index (χ3n) is 3.93. The minimum Gasteiger partial charge on any atom is -0.496 e. The molecule has 1 heterocycles. The number of carbonyl (C=O) groups excluding carboxylic acids is 1. The van der Waals surface area contributed by atoms with Gasteiger partial charge in [0.2, 0.25) is 0 Å². The lowest BCUT2D eigenvalue weighted by Gasteiger charge is -2.19. The fourth-order valence-corrected chi connectivity index (χ4v) is 3.12. The number of amides is 1. The van der Waals surface area contributed by atoms with Gasteiger partial charge >= 0.3 is 0 Å². The second-order valence-corrected chi connectivity index (χ2v) is 6.52. The van der Waals surface area contributed by atoms with Gasteiger partial charge in [0.25, 0.3) is 5.91 Å². The normalized spacial score (nSPS) is 18.3. The van der Waals surface area contributed by atoms with E-state index in [1.165, 1.54) is 7.11 Å². The molecule has 21 heavy (non-hydrogen) atoms. The van der Waals surface area contributed by atoms with Crippen molar-refractivity contribution in [1.82, 2.24) is 4.90 Å². The number of rotatable bonds is 4. The van der Waals surface area contributed by atoms with Crippen LogP contribution in [0.4, 0.5) is 5.69 Å². The number of methoxy groups -OCH3 is 1. The molecule has 1 aromatic rings. The molecule has 0 bridgehead atoms. The second-order valence-electron chi connectivity index (χ2n) is 6.11. The predicted octanol–water partition coefficient (Wildman–Crippen LogP) is 3.44. The summed E-state index contributed by atoms with van der Waals surface area (Å²) in [5, 5.41) is 0.386. The first-order chi connectivity index (χ1) is 9.92. The molecule has 0 saturated carbocycles. The Labute approximate surface area is 131 Å². The standard InChI is InChI=1S/C16H23ClN2O2/c1-10(2)6-11-4-5-19(9-11)16(20)12-7-13(17)14(18)8-15(12)21-3/h7-8,10-11H,4-6,9,18H2,1-3H3. The van der Waals surface area contributed by atoms with Crippen LogP contribution in [-0.2, 0) is 0 Å². The van der Waals surface area contributed by atoms with Crippen LogP contribution >= 0.6 is 11.6 Å². The maximum absolute atomic E-state index is 12.7. The van der Waals surface area contributed by atoms with Crippen molar-refractivity contribution in [2.75, 3.05) is 25.9 Å². The highest BCUT2D eigenvalue weighted by Crippen LogP contribution is 2.31. The zero-order valence-electron chi connectivity index (χ0n) is 12.9. The molecule has 0 radical (unpaired) electrons. The minimum absolute atomic E-state index is 0.0278. The van der Waals surface area contributed by atoms with Gasteiger partial charge in [-0.05, 0) is 30.7 Å². The summed E-state index contributed by atoms with van der Waals surface area (Å²) in [6.07, 6.45) is 2.22. The van der Waals surface area contributed by atoms with Gasteiger partial charge in [0.15, 0.2) is 0 Å². The van der Waals surface area contributed by atoms with E-state index in [-0.39, 0.29) is 5.91 Å². The van der Waals surface area contributed by atoms with E-state index in [2.05, 4.69) is 13.8 Å². The number of nitrogens with two attached hydrogens (primary N) is 1. The highest BCUT2D eigenvalue weighted by molar-refractivity contribution is 6.33. The first-order valence-electron chi connectivity index (χ1n) is 7.34. The fourth-order valence-electron chi connectivity index (χ4n) is 2.95. The van der Waals surface area contributed by atoms with E-state index < -0.39 is 0 Å². The summed E-state index contributed by atoms with van der Waals surface area (Å²) in [4.78, 5) is 14.6. The number of anilines is 1. The van der Waals surface area contributed by atoms with Gasteiger partial charge < -0.3 is 15.4 Å². The van der Waals surface area contributed by atoms with Crippen molar-refractivity contribution in [1.29, 1.82) is 0 Å². The first-order valence-corrected chi connectivity index (χ1v) is 7.72. The van der Waals surface area contributed by atoms with Crippen LogP contribution in [0, 0.1) is 11.8 Å². The Hall–Kier alpha value is -1.42. The lowest BCUT2D eigenvalue weighted by molar-refractivity contribution is 0.0782. The smallest absolute Gasteiger partial charge is 0.257 e. The average Bonchev–Trinajstić information content (AvgIpc) is 2.88. The Bertz CT molecular complexity index is 531. The van der Waals surface area contributed by atoms with Gasteiger partial charge in [0.1, 0.15) is 5.75 Å². The number of hydrogen-bond acceptors (Lipinski definition) is 3. The number of benzene rings is 1. The average molecular weight is 311 g/mol. The Morgan fingerprint density at radius 1 is 1.52 bits per heavy atom. The van der Waals surface area contributed by atoms with E-state index in [0.717, 1.165) is 25.9 Å². The summed E-state index contributed by atoms with van der Waals surface area (Å²) in [7, 11) is 1.53. The number of hydrogen-bond donors (Lipinski definition) is 1. The minimum atomic E-state index is -0.0278. The van der Waals surface area contributed by atoms with Crippen LogP contribution in [0.15, 0.2) is 12.1 Å². The van der Waals surface area contributed by atoms with Crippen molar-refractivity contribution in [2.45, 2.75) is 26.7 Å². The van der Waals surface area contributed by atoms with Gasteiger partial charge in [0, 0.05) is 19.2 Å². The largest absolute Gasteiger partial charge is 0.496 e. The van der Waals surface area contributed by atoms with E-state index in [9.17, 15) is 4.79 Å². The third kappa shape index (κ3) is 3.62. The quantitative estimate of drug-likeness (QED) is 0.867. The second kappa shape index (κ2) is 6.56. The molecule has 5 heteroatoms. The van der Waals surface area contributed by atoms with Gasteiger partial charge in [-0.25, -0.2) is 0 Å². The van der Waals surface area contributed by atoms with Crippen LogP contribution < -0.4 is 10.5 Å². The summed E-state index contributed by atoms with van der Waals surface area (Å²) < 4.78 is 5.27. The molecule has 1 unspecified atom stereocenters. The van der Waals surface area contributed by atoms with Crippen LogP contribution in [0.1, 0.15) is 37.0 Å². The van der Waals surface area contributed by atoms with Crippen LogP contribution in [0.3, 0.4) is 0 Å². The van der Waals surface area contributed by atoms with Crippen LogP contribution in [0.2, 0.25) is 5.02 Å². The SMILES string of the molecule is COc1cc(N)c(Cl)cc1C(=O)N1CCC(CC(C)C)C1. The molecule has 1 aliphatic rings. The van der Waals surface area contributed by atoms with E-state index in [1.807, 2.05) is 4.90 Å². The summed E-state index contributed by atoms with van der Waals surface area (Å²) in [6, 6.07) is 3.21. The molecule has 116 valence electrons. The predicted molar refractivity (Wildman–Crippen MR) is 85.9 cm³/mol. The molecule has 2 rings (SSSR count). The lowest BCUT2D eigenvalue weighted by atomic mass is 9.97. The molecule has 2 N–H and O–H groups in total. The number of halogens is 1. The lowest BCUT2D eigenvalue weighted by Crippen LogP contribution is -2.29. The molecular weight excluding hydrogens is 288 g/mol. The van der Waals surface area contributed by atoms with Gasteiger partial charge in [-0.2, -0.15) is 0 Å². The number of ether oxygens (including phenoxy) is 1. The zero-order chi connectivity index (χ0) is 15.6. The maximum atomic E-state index is 12.7. The third-order valence-corrected chi connectivity index (χ3v) is 4.25. The number of likely N-dealkylation sites (tertiary alicyclic amines) is 1. The molecule has 0 spiro atoms. The summed E-state index contributed by atoms with van der Waals surface area (Å²) >= 11 is 6.04. The maximum Gasteiger partial charge on any atom is 0.257 e. The highest BCUT2D eigenvalue weighted by Gasteiger charge is 2.29. The summed E-state index contributed by atoms with van der Waals surface area (Å²) in [5.41, 5.74) is 6.67. The van der Waals surface area contributed by atoms with Crippen molar-refractivity contribution in [3.05, 3.63) is 22.7 Å². The van der Waals surface area contributed by atoms with Gasteiger partial charge in [-0.15, -0.1) is 0 Å². The van der Waals surface area contributed by atoms with Crippen LogP contribution in [-0.4, -0.2) is 31.0 Å². The first kappa shape index (κ1) is 16.0. The Kier molecular flexibility index (Phi) is 4.99. The van der Waals surface area contributed by atoms with Crippen molar-refractivity contribution in [2.24, 2.45) is 11.8 Å². The van der Waals surface area contributed by atoms with E-state index in [0.29, 0.717) is 33.9 Å². The highest BCUT2D eigenvalue weighted by atomic mass is 35.5. The molecule has 4 nitrogen and oxygen atoms in total. The van der Waals surface area contributed by atoms with E-state index >= 15 is 0 Å². The molecule has 0 aliphatic carbocycles. The van der Waals surface area contributed by atoms with Gasteiger partial charge in [-0.3, -0.25) is 4.79 Å². The molecule has 0 aromatic heterocycles. The van der Waals surface area contributed by atoms with E-state index in [1.54, 1.807) is 12.1 Å². The van der Waals surface area contributed by atoms with Gasteiger partial charge in [-0.1, -0.05) is 25.4 Å². The molecule has 1 amide bonds. The number of carbonyl (C=O) groups is 1. The van der Waals surface area contributed by atoms with Crippen molar-refractivity contribution in [3.63, 3.8) is 0 Å². The van der Waals surface area contributed by atoms with Gasteiger partial charge in [0.05, 0.1) is 23.4 Å². The van der Waals surface area contributed by atoms with Crippen molar-refractivity contribution >= 4 is 23.2 Å². The van der Waals surface area contributed by atoms with Crippen LogP contribution in [0.5, 0.6) is 5.75 Å². The number of nitrogen functional groups attached to an aromatic ring is 1. The molecular formula is C16H23ClN2O2.